The smallest absolute Gasteiger partial charge is 0.392 e. The fourth-order valence-corrected chi connectivity index (χ4v) is 1.66. The summed E-state index contributed by atoms with van der Waals surface area (Å²) in [6, 6.07) is 7.20. The summed E-state index contributed by atoms with van der Waals surface area (Å²) in [4.78, 5) is 3.73. The molecule has 0 saturated carbocycles. The van der Waals surface area contributed by atoms with Crippen LogP contribution in [-0.4, -0.2) is 10.1 Å². The van der Waals surface area contributed by atoms with E-state index in [1.165, 1.54) is 18.3 Å². The fraction of sp³-hybridized carbons (Fsp3) is 0.154. The number of halogens is 3. The van der Waals surface area contributed by atoms with E-state index in [0.717, 1.165) is 12.3 Å². The summed E-state index contributed by atoms with van der Waals surface area (Å²) in [7, 11) is 0. The normalized spacial score (nSPS) is 11.6. The van der Waals surface area contributed by atoms with Gasteiger partial charge in [0.25, 0.3) is 0 Å². The van der Waals surface area contributed by atoms with Gasteiger partial charge in [-0.05, 0) is 17.2 Å². The molecule has 2 aromatic rings. The van der Waals surface area contributed by atoms with Crippen molar-refractivity contribution in [2.75, 3.05) is 0 Å². The summed E-state index contributed by atoms with van der Waals surface area (Å²) in [5, 5.41) is 8.89. The van der Waals surface area contributed by atoms with E-state index in [9.17, 15) is 13.2 Å². The largest absolute Gasteiger partial charge is 0.417 e. The molecule has 1 heterocycles. The zero-order chi connectivity index (χ0) is 13.2. The van der Waals surface area contributed by atoms with Gasteiger partial charge in [-0.2, -0.15) is 13.2 Å². The van der Waals surface area contributed by atoms with Gasteiger partial charge in [-0.25, -0.2) is 0 Å². The predicted molar refractivity (Wildman–Crippen MR) is 60.6 cm³/mol. The van der Waals surface area contributed by atoms with Crippen molar-refractivity contribution < 1.29 is 18.3 Å². The minimum absolute atomic E-state index is 0.0366. The van der Waals surface area contributed by atoms with Gasteiger partial charge in [-0.3, -0.25) is 4.98 Å². The van der Waals surface area contributed by atoms with E-state index in [-0.39, 0.29) is 12.2 Å². The molecule has 0 aliphatic carbocycles. The molecule has 0 saturated heterocycles. The predicted octanol–water partition coefficient (Wildman–Crippen LogP) is 3.26. The topological polar surface area (TPSA) is 33.1 Å². The molecule has 2 rings (SSSR count). The van der Waals surface area contributed by atoms with Crippen molar-refractivity contribution in [1.29, 1.82) is 0 Å². The van der Waals surface area contributed by atoms with Crippen LogP contribution in [0.4, 0.5) is 13.2 Å². The highest BCUT2D eigenvalue weighted by atomic mass is 19.4. The molecule has 0 amide bonds. The van der Waals surface area contributed by atoms with Crippen molar-refractivity contribution in [3.8, 4) is 11.1 Å². The van der Waals surface area contributed by atoms with Crippen molar-refractivity contribution in [2.24, 2.45) is 0 Å². The van der Waals surface area contributed by atoms with Crippen LogP contribution in [0.3, 0.4) is 0 Å². The number of nitrogens with zero attached hydrogens (tertiary/aromatic N) is 1. The Balaban J connectivity index is 2.50. The molecule has 0 spiro atoms. The number of hydrogen-bond donors (Lipinski definition) is 1. The quantitative estimate of drug-likeness (QED) is 0.891. The van der Waals surface area contributed by atoms with E-state index in [0.29, 0.717) is 11.1 Å². The molecular formula is C13H10F3NO. The molecule has 18 heavy (non-hydrogen) atoms. The van der Waals surface area contributed by atoms with Crippen molar-refractivity contribution >= 4 is 0 Å². The van der Waals surface area contributed by atoms with Gasteiger partial charge in [0.2, 0.25) is 0 Å². The lowest BCUT2D eigenvalue weighted by atomic mass is 10.0. The molecule has 1 aromatic carbocycles. The maximum Gasteiger partial charge on any atom is 0.417 e. The molecule has 1 N–H and O–H groups in total. The van der Waals surface area contributed by atoms with Gasteiger partial charge in [-0.1, -0.05) is 24.3 Å². The summed E-state index contributed by atoms with van der Waals surface area (Å²) in [6.45, 7) is -0.139. The molecule has 0 fully saturated rings. The van der Waals surface area contributed by atoms with E-state index in [4.69, 9.17) is 5.11 Å². The van der Waals surface area contributed by atoms with Gasteiger partial charge >= 0.3 is 6.18 Å². The number of aliphatic hydroxyl groups excluding tert-OH is 1. The lowest BCUT2D eigenvalue weighted by Crippen LogP contribution is -2.07. The number of pyridine rings is 1. The average molecular weight is 253 g/mol. The second kappa shape index (κ2) is 4.78. The van der Waals surface area contributed by atoms with Gasteiger partial charge in [0.05, 0.1) is 12.2 Å². The first-order valence-electron chi connectivity index (χ1n) is 5.24. The zero-order valence-electron chi connectivity index (χ0n) is 9.28. The number of rotatable bonds is 2. The first-order valence-corrected chi connectivity index (χ1v) is 5.24. The highest BCUT2D eigenvalue weighted by Gasteiger charge is 2.33. The first kappa shape index (κ1) is 12.6. The van der Waals surface area contributed by atoms with Gasteiger partial charge in [0.1, 0.15) is 0 Å². The number of aromatic nitrogens is 1. The molecule has 5 heteroatoms. The van der Waals surface area contributed by atoms with Crippen molar-refractivity contribution in [3.05, 3.63) is 53.9 Å². The Labute approximate surface area is 102 Å². The fourth-order valence-electron chi connectivity index (χ4n) is 1.66. The lowest BCUT2D eigenvalue weighted by Gasteiger charge is -2.12. The van der Waals surface area contributed by atoms with Crippen LogP contribution >= 0.6 is 0 Å². The summed E-state index contributed by atoms with van der Waals surface area (Å²) in [6.07, 6.45) is -2.10. The molecule has 2 nitrogen and oxygen atoms in total. The third-order valence-electron chi connectivity index (χ3n) is 2.57. The van der Waals surface area contributed by atoms with Crippen molar-refractivity contribution in [1.82, 2.24) is 4.98 Å². The maximum atomic E-state index is 12.8. The number of hydrogen-bond acceptors (Lipinski definition) is 2. The lowest BCUT2D eigenvalue weighted by molar-refractivity contribution is -0.137. The van der Waals surface area contributed by atoms with Crippen LogP contribution in [0.15, 0.2) is 42.7 Å². The van der Waals surface area contributed by atoms with Gasteiger partial charge in [-0.15, -0.1) is 0 Å². The van der Waals surface area contributed by atoms with Crippen LogP contribution < -0.4 is 0 Å². The average Bonchev–Trinajstić information content (AvgIpc) is 2.38. The second-order valence-electron chi connectivity index (χ2n) is 3.77. The third-order valence-corrected chi connectivity index (χ3v) is 2.57. The van der Waals surface area contributed by atoms with Crippen LogP contribution in [0.5, 0.6) is 0 Å². The van der Waals surface area contributed by atoms with E-state index in [2.05, 4.69) is 4.98 Å². The highest BCUT2D eigenvalue weighted by molar-refractivity contribution is 5.67. The van der Waals surface area contributed by atoms with Crippen LogP contribution in [0, 0.1) is 0 Å². The number of alkyl halides is 3. The third kappa shape index (κ3) is 2.51. The highest BCUT2D eigenvalue weighted by Crippen LogP contribution is 2.36. The summed E-state index contributed by atoms with van der Waals surface area (Å²) in [5.41, 5.74) is 0.396. The Morgan fingerprint density at radius 2 is 1.72 bits per heavy atom. The Morgan fingerprint density at radius 1 is 1.06 bits per heavy atom. The molecule has 94 valence electrons. The Kier molecular flexibility index (Phi) is 3.34. The molecular weight excluding hydrogens is 243 g/mol. The molecule has 0 unspecified atom stereocenters. The Bertz CT molecular complexity index is 535. The van der Waals surface area contributed by atoms with Crippen molar-refractivity contribution in [2.45, 2.75) is 12.8 Å². The van der Waals surface area contributed by atoms with E-state index < -0.39 is 11.7 Å². The van der Waals surface area contributed by atoms with Gasteiger partial charge in [0.15, 0.2) is 0 Å². The molecule has 0 aliphatic rings. The van der Waals surface area contributed by atoms with Crippen molar-refractivity contribution in [3.63, 3.8) is 0 Å². The minimum atomic E-state index is -4.41. The minimum Gasteiger partial charge on any atom is -0.392 e. The summed E-state index contributed by atoms with van der Waals surface area (Å²) in [5.74, 6) is 0. The monoisotopic (exact) mass is 253 g/mol. The molecule has 0 atom stereocenters. The molecule has 0 aliphatic heterocycles. The Morgan fingerprint density at radius 3 is 2.28 bits per heavy atom. The summed E-state index contributed by atoms with van der Waals surface area (Å²) >= 11 is 0. The zero-order valence-corrected chi connectivity index (χ0v) is 9.28. The number of aliphatic hydroxyl groups is 1. The summed E-state index contributed by atoms with van der Waals surface area (Å²) < 4.78 is 38.4. The Hall–Kier alpha value is -1.88. The van der Waals surface area contributed by atoms with Crippen LogP contribution in [-0.2, 0) is 12.8 Å². The van der Waals surface area contributed by atoms with E-state index in [1.54, 1.807) is 12.1 Å². The van der Waals surface area contributed by atoms with E-state index in [1.807, 2.05) is 0 Å². The van der Waals surface area contributed by atoms with Crippen LogP contribution in [0.1, 0.15) is 11.1 Å². The van der Waals surface area contributed by atoms with Crippen LogP contribution in [0.25, 0.3) is 11.1 Å². The van der Waals surface area contributed by atoms with E-state index >= 15 is 0 Å². The van der Waals surface area contributed by atoms with Crippen LogP contribution in [0.2, 0.25) is 0 Å². The maximum absolute atomic E-state index is 12.8. The second-order valence-corrected chi connectivity index (χ2v) is 3.77. The molecule has 1 aromatic heterocycles. The molecule has 0 bridgehead atoms. The SMILES string of the molecule is OCc1ccc(-c2cnccc2C(F)(F)F)cc1. The molecule has 0 radical (unpaired) electrons. The first-order chi connectivity index (χ1) is 8.52. The van der Waals surface area contributed by atoms with Gasteiger partial charge in [0, 0.05) is 18.0 Å². The number of benzene rings is 1. The van der Waals surface area contributed by atoms with Gasteiger partial charge < -0.3 is 5.11 Å². The standard InChI is InChI=1S/C13H10F3NO/c14-13(15,16)12-5-6-17-7-11(12)10-3-1-9(8-18)2-4-10/h1-7,18H,8H2.